The third kappa shape index (κ3) is 10.0. The number of nitrogens with zero attached hydrogens (tertiary/aromatic N) is 3. The zero-order valence-corrected chi connectivity index (χ0v) is 29.8. The van der Waals surface area contributed by atoms with E-state index in [0.29, 0.717) is 19.3 Å². The van der Waals surface area contributed by atoms with Gasteiger partial charge < -0.3 is 25.5 Å². The normalized spacial score (nSPS) is 19.8. The molecule has 0 spiro atoms. The predicted molar refractivity (Wildman–Crippen MR) is 185 cm³/mol. The van der Waals surface area contributed by atoms with Crippen molar-refractivity contribution in [2.45, 2.75) is 85.4 Å². The van der Waals surface area contributed by atoms with Crippen molar-refractivity contribution in [1.82, 2.24) is 24.6 Å². The summed E-state index contributed by atoms with van der Waals surface area (Å²) in [5.41, 5.74) is 11.4. The van der Waals surface area contributed by atoms with Gasteiger partial charge >= 0.3 is 19.7 Å². The molecule has 0 bridgehead atoms. The number of nitrogens with one attached hydrogen (secondary N) is 2. The molecule has 1 aliphatic carbocycles. The van der Waals surface area contributed by atoms with Crippen molar-refractivity contribution >= 4 is 43.0 Å². The van der Waals surface area contributed by atoms with Gasteiger partial charge in [-0.15, -0.1) is 0 Å². The molecule has 2 aromatic heterocycles. The van der Waals surface area contributed by atoms with Crippen molar-refractivity contribution in [2.75, 3.05) is 18.9 Å². The highest BCUT2D eigenvalue weighted by Gasteiger charge is 2.53. The maximum Gasteiger partial charge on any atom is 0.459 e. The van der Waals surface area contributed by atoms with Crippen LogP contribution in [0.3, 0.4) is 0 Å². The molecule has 15 nitrogen and oxygen atoms in total. The molecule has 268 valence electrons. The Morgan fingerprint density at radius 3 is 2.51 bits per heavy atom. The number of nitrogen functional groups attached to an aromatic ring is 1. The summed E-state index contributed by atoms with van der Waals surface area (Å²) >= 11 is 0. The van der Waals surface area contributed by atoms with Gasteiger partial charge in [0.05, 0.1) is 18.1 Å². The zero-order chi connectivity index (χ0) is 35.9. The van der Waals surface area contributed by atoms with E-state index >= 15 is 0 Å². The zero-order valence-electron chi connectivity index (χ0n) is 28.9. The number of aromatic nitrogens is 4. The Kier molecular flexibility index (Phi) is 12.4. The first-order valence-corrected chi connectivity index (χ1v) is 18.0. The molecule has 1 aliphatic rings. The number of hydrogen-bond donors (Lipinski definition) is 4. The van der Waals surface area contributed by atoms with E-state index in [1.807, 2.05) is 41.5 Å². The van der Waals surface area contributed by atoms with Crippen molar-refractivity contribution < 1.29 is 32.7 Å². The van der Waals surface area contributed by atoms with Crippen molar-refractivity contribution in [1.29, 1.82) is 0 Å². The second kappa shape index (κ2) is 16.1. The number of aromatic amines is 1. The molecular weight excluding hydrogens is 653 g/mol. The summed E-state index contributed by atoms with van der Waals surface area (Å²) in [7, 11) is -4.29. The smallest absolute Gasteiger partial charge is 0.459 e. The number of benzene rings is 1. The fourth-order valence-corrected chi connectivity index (χ4v) is 6.73. The highest BCUT2D eigenvalue weighted by atomic mass is 31.2. The molecule has 6 N–H and O–H groups in total. The van der Waals surface area contributed by atoms with E-state index in [-0.39, 0.29) is 54.0 Å². The number of rotatable bonds is 18. The van der Waals surface area contributed by atoms with Gasteiger partial charge in [0.25, 0.3) is 5.56 Å². The molecule has 0 radical (unpaired) electrons. The Morgan fingerprint density at radius 1 is 1.14 bits per heavy atom. The minimum atomic E-state index is -4.29. The van der Waals surface area contributed by atoms with Gasteiger partial charge in [0.2, 0.25) is 5.95 Å². The molecule has 16 heteroatoms. The van der Waals surface area contributed by atoms with Crippen LogP contribution in [0.1, 0.15) is 67.2 Å². The van der Waals surface area contributed by atoms with E-state index in [1.165, 1.54) is 10.9 Å². The second-order valence-electron chi connectivity index (χ2n) is 13.3. The largest absolute Gasteiger partial charge is 0.463 e. The highest BCUT2D eigenvalue weighted by Crippen LogP contribution is 2.57. The minimum Gasteiger partial charge on any atom is -0.463 e. The predicted octanol–water partition coefficient (Wildman–Crippen LogP) is 4.40. The topological polar surface area (TPSA) is 216 Å². The number of esters is 2. The van der Waals surface area contributed by atoms with Crippen LogP contribution >= 0.6 is 7.75 Å². The number of hydrogen-bond acceptors (Lipinski definition) is 12. The average Bonchev–Trinajstić information content (AvgIpc) is 3.56. The summed E-state index contributed by atoms with van der Waals surface area (Å²) < 4.78 is 39.5. The van der Waals surface area contributed by atoms with Crippen molar-refractivity contribution in [3.8, 4) is 5.75 Å². The molecule has 0 aliphatic heterocycles. The van der Waals surface area contributed by atoms with Crippen LogP contribution in [-0.2, 0) is 28.2 Å². The Hall–Kier alpha value is -4.04. The summed E-state index contributed by atoms with van der Waals surface area (Å²) in [4.78, 5) is 49.3. The van der Waals surface area contributed by atoms with E-state index < -0.39 is 42.7 Å². The maximum atomic E-state index is 14.6. The summed E-state index contributed by atoms with van der Waals surface area (Å²) in [5, 5.41) is 2.87. The Balaban J connectivity index is 1.66. The fraction of sp³-hybridized carbons (Fsp3) is 0.545. The van der Waals surface area contributed by atoms with Crippen LogP contribution in [0.25, 0.3) is 17.4 Å². The summed E-state index contributed by atoms with van der Waals surface area (Å²) in [5.74, 6) is -1.13. The number of ether oxygens (including phenoxy) is 2. The molecule has 0 saturated heterocycles. The molecule has 0 amide bonds. The fourth-order valence-electron chi connectivity index (χ4n) is 5.14. The molecule has 3 aromatic rings. The van der Waals surface area contributed by atoms with Gasteiger partial charge in [-0.2, -0.15) is 10.1 Å². The molecule has 5 atom stereocenters. The van der Waals surface area contributed by atoms with Gasteiger partial charge in [0.15, 0.2) is 11.2 Å². The molecule has 1 unspecified atom stereocenters. The van der Waals surface area contributed by atoms with Crippen LogP contribution in [-0.4, -0.2) is 62.9 Å². The summed E-state index contributed by atoms with van der Waals surface area (Å²) in [6.07, 6.45) is 4.92. The number of imidazole rings is 1. The SMILES string of the molecule is CCC[C@H](C)OC(=O)C(CC(C)C)N[P@](=O)(OC[C@@]1(COC(=O)[C@@H](N)C(C)C)C/C1=C/n1cnc2c(=O)[nH]c(N)nc21)Oc1ccccc1. The van der Waals surface area contributed by atoms with E-state index in [9.17, 15) is 18.9 Å². The van der Waals surface area contributed by atoms with Gasteiger partial charge in [-0.1, -0.05) is 59.2 Å². The Morgan fingerprint density at radius 2 is 1.86 bits per heavy atom. The first-order chi connectivity index (χ1) is 23.1. The number of carbonyl (C=O) groups is 2. The quantitative estimate of drug-likeness (QED) is 0.107. The average molecular weight is 702 g/mol. The molecule has 1 fully saturated rings. The van der Waals surface area contributed by atoms with E-state index in [1.54, 1.807) is 36.5 Å². The second-order valence-corrected chi connectivity index (χ2v) is 15.0. The van der Waals surface area contributed by atoms with Gasteiger partial charge in [-0.25, -0.2) is 9.55 Å². The van der Waals surface area contributed by atoms with Crippen LogP contribution in [0.15, 0.2) is 47.0 Å². The standard InChI is InChI=1S/C33H48N7O8P/c1-7-11-22(6)47-30(42)25(14-20(2)3)39-49(44,48-24-12-9-8-10-13-24)46-18-33(17-45-31(43)26(34)21(4)5)15-23(33)16-40-19-36-27-28(40)37-32(35)38-29(27)41/h8-10,12-13,16,19-22,25-26H,7,11,14-15,17-18,34H2,1-6H3,(H,39,44)(H3,35,37,38,41)/b23-16-/t22-,25?,26-,33-,49-/m0/s1. The van der Waals surface area contributed by atoms with Crippen molar-refractivity contribution in [3.05, 3.63) is 52.6 Å². The van der Waals surface area contributed by atoms with Crippen molar-refractivity contribution in [3.63, 3.8) is 0 Å². The Bertz CT molecular complexity index is 1740. The number of para-hydroxylation sites is 1. The minimum absolute atomic E-state index is 0.0329. The molecule has 4 rings (SSSR count). The number of H-pyrrole nitrogens is 1. The number of carbonyl (C=O) groups excluding carboxylic acids is 2. The monoisotopic (exact) mass is 701 g/mol. The maximum absolute atomic E-state index is 14.6. The molecule has 49 heavy (non-hydrogen) atoms. The lowest BCUT2D eigenvalue weighted by Gasteiger charge is -2.28. The van der Waals surface area contributed by atoms with Gasteiger partial charge in [-0.05, 0) is 55.7 Å². The van der Waals surface area contributed by atoms with Crippen LogP contribution in [0.4, 0.5) is 5.95 Å². The molecule has 2 heterocycles. The van der Waals surface area contributed by atoms with E-state index in [4.69, 9.17) is 30.0 Å². The third-order valence-corrected chi connectivity index (χ3v) is 9.66. The van der Waals surface area contributed by atoms with Crippen molar-refractivity contribution in [2.24, 2.45) is 23.0 Å². The molecule has 1 aromatic carbocycles. The summed E-state index contributed by atoms with van der Waals surface area (Å²) in [6.45, 7) is 10.9. The third-order valence-electron chi connectivity index (χ3n) is 8.11. The number of nitrogens with two attached hydrogens (primary N) is 2. The number of fused-ring (bicyclic) bond motifs is 1. The summed E-state index contributed by atoms with van der Waals surface area (Å²) in [6, 6.07) is 6.59. The lowest BCUT2D eigenvalue weighted by atomic mass is 10.0. The van der Waals surface area contributed by atoms with Crippen LogP contribution < -0.4 is 26.6 Å². The molecule has 1 saturated carbocycles. The van der Waals surface area contributed by atoms with E-state index in [2.05, 4.69) is 20.0 Å². The number of anilines is 1. The van der Waals surface area contributed by atoms with Gasteiger partial charge in [-0.3, -0.25) is 28.5 Å². The Labute approximate surface area is 285 Å². The first-order valence-electron chi connectivity index (χ1n) is 16.5. The van der Waals surface area contributed by atoms with Crippen LogP contribution in [0, 0.1) is 17.3 Å². The first kappa shape index (κ1) is 37.8. The van der Waals surface area contributed by atoms with Crippen LogP contribution in [0.2, 0.25) is 0 Å². The highest BCUT2D eigenvalue weighted by molar-refractivity contribution is 7.52. The van der Waals surface area contributed by atoms with Crippen LogP contribution in [0.5, 0.6) is 5.75 Å². The lowest BCUT2D eigenvalue weighted by molar-refractivity contribution is -0.151. The lowest BCUT2D eigenvalue weighted by Crippen LogP contribution is -2.40. The van der Waals surface area contributed by atoms with Gasteiger partial charge in [0.1, 0.15) is 30.8 Å². The van der Waals surface area contributed by atoms with E-state index in [0.717, 1.165) is 12.0 Å². The molecular formula is C33H48N7O8P. The van der Waals surface area contributed by atoms with Gasteiger partial charge in [0, 0.05) is 6.20 Å².